The van der Waals surface area contributed by atoms with Gasteiger partial charge in [0, 0.05) is 0 Å². The molecule has 0 aliphatic heterocycles. The summed E-state index contributed by atoms with van der Waals surface area (Å²) in [6.07, 6.45) is 19.4. The van der Waals surface area contributed by atoms with Crippen LogP contribution in [0.3, 0.4) is 0 Å². The molecule has 2 unspecified atom stereocenters. The van der Waals surface area contributed by atoms with Crippen molar-refractivity contribution >= 4 is 43.8 Å². The topological polar surface area (TPSA) is 0 Å². The summed E-state index contributed by atoms with van der Waals surface area (Å²) in [4.78, 5) is 0. The maximum atomic E-state index is 15.1. The van der Waals surface area contributed by atoms with Gasteiger partial charge < -0.3 is 0 Å². The molecule has 0 bridgehead atoms. The van der Waals surface area contributed by atoms with Crippen LogP contribution >= 0.6 is 24.8 Å². The summed E-state index contributed by atoms with van der Waals surface area (Å²) in [6, 6.07) is 31.8. The van der Waals surface area contributed by atoms with Crippen LogP contribution in [0.25, 0.3) is 34.4 Å². The molecular formula is C54H69Cl2F3SiZr. The number of rotatable bonds is 12. The second-order valence-electron chi connectivity index (χ2n) is 19.8. The minimum atomic E-state index is -4.82. The molecular weight excluding hydrogens is 896 g/mol. The van der Waals surface area contributed by atoms with Crippen LogP contribution in [-0.4, -0.2) is 13.1 Å². The Morgan fingerprint density at radius 1 is 0.557 bits per heavy atom. The molecule has 328 valence electrons. The van der Waals surface area contributed by atoms with Crippen LogP contribution in [0.2, 0.25) is 8.76 Å². The quantitative estimate of drug-likeness (QED) is 0.0980. The smallest absolute Gasteiger partial charge is 0.147 e. The van der Waals surface area contributed by atoms with Crippen LogP contribution in [0, 0.1) is 11.8 Å². The average molecular weight is 965 g/mol. The van der Waals surface area contributed by atoms with Crippen LogP contribution in [0.1, 0.15) is 151 Å². The molecule has 61 heavy (non-hydrogen) atoms. The summed E-state index contributed by atoms with van der Waals surface area (Å²) in [5, 5.41) is 0. The Balaban J connectivity index is 0.00000311. The Kier molecular flexibility index (Phi) is 16.1. The number of hydrogen-bond donors (Lipinski definition) is 0. The van der Waals surface area contributed by atoms with Crippen LogP contribution < -0.4 is 0 Å². The zero-order valence-corrected chi connectivity index (χ0v) is 42.4. The third-order valence-electron chi connectivity index (χ3n) is 15.5. The van der Waals surface area contributed by atoms with Gasteiger partial charge in [-0.05, 0) is 0 Å². The van der Waals surface area contributed by atoms with Gasteiger partial charge in [-0.15, -0.1) is 24.8 Å². The van der Waals surface area contributed by atoms with E-state index < -0.39 is 30.0 Å². The number of fused-ring (bicyclic) bond motifs is 2. The SMILES string of the molecule is CCc1ccc(-c2cccc3c2C=C(CC2CCCCCC2)[CH]3[Zr]([CH3])(=[SiH2])([CH2]CC(F)(F)F)[CH]2C(CC3CCCCCC3)=Cc3c(-c4ccc(CC)cc4)cccc32)cc1.Cl.Cl. The molecule has 4 aliphatic carbocycles. The third-order valence-corrected chi connectivity index (χ3v) is 38.4. The molecule has 0 aromatic heterocycles. The van der Waals surface area contributed by atoms with E-state index in [-0.39, 0.29) is 36.2 Å². The van der Waals surface area contributed by atoms with Crippen molar-refractivity contribution in [1.82, 2.24) is 0 Å². The van der Waals surface area contributed by atoms with E-state index in [1.807, 2.05) is 0 Å². The van der Waals surface area contributed by atoms with Crippen LogP contribution in [-0.2, 0) is 30.2 Å². The molecule has 0 spiro atoms. The third kappa shape index (κ3) is 10.4. The molecule has 4 aromatic carbocycles. The van der Waals surface area contributed by atoms with Gasteiger partial charge in [0.1, 0.15) is 0 Å². The van der Waals surface area contributed by atoms with Gasteiger partial charge in [0.05, 0.1) is 0 Å². The molecule has 7 heteroatoms. The molecule has 0 N–H and O–H groups in total. The van der Waals surface area contributed by atoms with Crippen molar-refractivity contribution in [3.8, 4) is 22.3 Å². The fraction of sp³-hybridized carbons (Fsp3) is 0.481. The van der Waals surface area contributed by atoms with Crippen LogP contribution in [0.4, 0.5) is 13.2 Å². The minimum absolute atomic E-state index is 0. The molecule has 4 aliphatic rings. The largest absolute Gasteiger partial charge is 0.147 e. The Hall–Kier alpha value is -2.17. The zero-order valence-electron chi connectivity index (χ0n) is 36.9. The van der Waals surface area contributed by atoms with Crippen LogP contribution in [0.5, 0.6) is 0 Å². The van der Waals surface area contributed by atoms with Gasteiger partial charge >= 0.3 is 358 Å². The number of allylic oxidation sites excluding steroid dienone is 2. The van der Waals surface area contributed by atoms with Gasteiger partial charge in [0.2, 0.25) is 0 Å². The van der Waals surface area contributed by atoms with E-state index in [2.05, 4.69) is 122 Å². The molecule has 2 saturated carbocycles. The zero-order chi connectivity index (χ0) is 41.2. The molecule has 0 radical (unpaired) electrons. The predicted octanol–water partition coefficient (Wildman–Crippen LogP) is 16.9. The Morgan fingerprint density at radius 3 is 1.28 bits per heavy atom. The predicted molar refractivity (Wildman–Crippen MR) is 260 cm³/mol. The van der Waals surface area contributed by atoms with Crippen molar-refractivity contribution in [2.24, 2.45) is 11.8 Å². The fourth-order valence-electron chi connectivity index (χ4n) is 12.4. The van der Waals surface area contributed by atoms with Gasteiger partial charge in [0.15, 0.2) is 0 Å². The van der Waals surface area contributed by atoms with Gasteiger partial charge in [0.25, 0.3) is 0 Å². The van der Waals surface area contributed by atoms with Crippen molar-refractivity contribution in [3.05, 3.63) is 129 Å². The number of halogens is 5. The van der Waals surface area contributed by atoms with Crippen molar-refractivity contribution in [3.63, 3.8) is 0 Å². The van der Waals surface area contributed by atoms with E-state index in [1.165, 1.54) is 144 Å². The van der Waals surface area contributed by atoms with Crippen molar-refractivity contribution in [2.45, 2.75) is 145 Å². The summed E-state index contributed by atoms with van der Waals surface area (Å²) < 4.78 is 48.1. The summed E-state index contributed by atoms with van der Waals surface area (Å²) in [5.41, 5.74) is 15.7. The molecule has 0 amide bonds. The normalized spacial score (nSPS) is 20.0. The second-order valence-corrected chi connectivity index (χ2v) is 48.2. The number of aryl methyl sites for hydroxylation is 2. The molecule has 0 heterocycles. The first-order chi connectivity index (χ1) is 28.4. The van der Waals surface area contributed by atoms with Crippen molar-refractivity contribution < 1.29 is 30.6 Å². The molecule has 0 nitrogen and oxygen atoms in total. The minimum Gasteiger partial charge on any atom is -0.147 e. The maximum Gasteiger partial charge on any atom is -0.147 e. The number of hydrogen-bond acceptors (Lipinski definition) is 0. The number of alkyl halides is 3. The first-order valence-corrected chi connectivity index (χ1v) is 36.4. The van der Waals surface area contributed by atoms with Crippen molar-refractivity contribution in [2.75, 3.05) is 0 Å². The molecule has 8 rings (SSSR count). The Labute approximate surface area is 380 Å². The van der Waals surface area contributed by atoms with Gasteiger partial charge in [-0.1, -0.05) is 0 Å². The Morgan fingerprint density at radius 2 is 0.934 bits per heavy atom. The number of benzene rings is 4. The first kappa shape index (κ1) is 48.3. The van der Waals surface area contributed by atoms with Crippen LogP contribution in [0.15, 0.2) is 96.1 Å². The fourth-order valence-corrected chi connectivity index (χ4v) is 36.1. The van der Waals surface area contributed by atoms with E-state index in [4.69, 9.17) is 0 Å². The molecule has 0 saturated heterocycles. The summed E-state index contributed by atoms with van der Waals surface area (Å²) in [6.45, 7) is 6.57. The molecule has 2 atom stereocenters. The summed E-state index contributed by atoms with van der Waals surface area (Å²) >= 11 is -4.82. The Bertz CT molecular complexity index is 2090. The monoisotopic (exact) mass is 962 g/mol. The van der Waals surface area contributed by atoms with Crippen molar-refractivity contribution in [1.29, 1.82) is 0 Å². The molecule has 4 aromatic rings. The summed E-state index contributed by atoms with van der Waals surface area (Å²) in [7, 11) is 0. The first-order valence-electron chi connectivity index (χ1n) is 23.4. The van der Waals surface area contributed by atoms with E-state index in [0.717, 1.165) is 25.7 Å². The van der Waals surface area contributed by atoms with Gasteiger partial charge in [-0.2, -0.15) is 0 Å². The van der Waals surface area contributed by atoms with E-state index >= 15 is 13.2 Å². The second kappa shape index (κ2) is 20.3. The molecule has 2 fully saturated rings. The van der Waals surface area contributed by atoms with Gasteiger partial charge in [-0.25, -0.2) is 0 Å². The van der Waals surface area contributed by atoms with Gasteiger partial charge in [-0.3, -0.25) is 0 Å². The summed E-state index contributed by atoms with van der Waals surface area (Å²) in [5.74, 6) is 1.18. The van der Waals surface area contributed by atoms with E-state index in [9.17, 15) is 0 Å². The van der Waals surface area contributed by atoms with E-state index in [0.29, 0.717) is 11.8 Å². The average Bonchev–Trinajstić information content (AvgIpc) is 3.55. The van der Waals surface area contributed by atoms with E-state index in [1.54, 1.807) is 0 Å². The standard InChI is InChI=1S/2C25H29.C3H4F3.CH3.2ClH.H2Si.Zr/c2*1-2-19-12-14-22(15-13-19)24-11-7-10-23-17-21(18-25(23)24)16-20-8-5-3-4-6-9-20;1-2-3(4,5)6;;;;;/h2*7,10-15,17-18,20H,2-6,8-9,16H2,1H3;1-2H2;1H3;2*1H;1H2;. The maximum absolute atomic E-state index is 15.1.